The predicted molar refractivity (Wildman–Crippen MR) is 116 cm³/mol. The lowest BCUT2D eigenvalue weighted by Crippen LogP contribution is -2.30. The molecule has 0 N–H and O–H groups in total. The first-order valence-corrected chi connectivity index (χ1v) is 9.85. The number of rotatable bonds is 2. The zero-order chi connectivity index (χ0) is 21.0. The molecule has 5 heteroatoms. The lowest BCUT2D eigenvalue weighted by atomic mass is 9.97. The van der Waals surface area contributed by atoms with Crippen molar-refractivity contribution in [1.29, 1.82) is 0 Å². The normalized spacial score (nSPS) is 15.6. The molecule has 1 aliphatic rings. The number of carbonyl (C=O) groups excluding carboxylic acids is 1. The number of hydrogen-bond donors (Lipinski definition) is 0. The summed E-state index contributed by atoms with van der Waals surface area (Å²) in [5, 5.41) is 0.490. The maximum atomic E-state index is 13.6. The summed E-state index contributed by atoms with van der Waals surface area (Å²) < 4.78 is 6.04. The van der Waals surface area contributed by atoms with E-state index in [2.05, 4.69) is 4.98 Å². The zero-order valence-corrected chi connectivity index (χ0v) is 17.0. The first-order chi connectivity index (χ1) is 14.5. The highest BCUT2D eigenvalue weighted by atomic mass is 16.3. The number of nitrogens with zero attached hydrogens (tertiary/aromatic N) is 2. The molecule has 0 saturated carbocycles. The van der Waals surface area contributed by atoms with Crippen molar-refractivity contribution in [3.8, 4) is 0 Å². The molecule has 0 saturated heterocycles. The summed E-state index contributed by atoms with van der Waals surface area (Å²) in [4.78, 5) is 33.0. The SMILES string of the molecule is Cc1ccc(C2c3c(oc4cc(C)c(C)cc4c3=O)C(=O)N2c2ccccn2)cc1. The fourth-order valence-corrected chi connectivity index (χ4v) is 4.02. The highest BCUT2D eigenvalue weighted by molar-refractivity contribution is 6.10. The van der Waals surface area contributed by atoms with Crippen molar-refractivity contribution >= 4 is 22.7 Å². The van der Waals surface area contributed by atoms with Gasteiger partial charge in [0.25, 0.3) is 5.91 Å². The van der Waals surface area contributed by atoms with Crippen LogP contribution >= 0.6 is 0 Å². The quantitative estimate of drug-likeness (QED) is 0.485. The van der Waals surface area contributed by atoms with Gasteiger partial charge in [-0.1, -0.05) is 35.9 Å². The molecule has 30 heavy (non-hydrogen) atoms. The second-order valence-electron chi connectivity index (χ2n) is 7.78. The lowest BCUT2D eigenvalue weighted by molar-refractivity contribution is 0.0970. The van der Waals surface area contributed by atoms with Gasteiger partial charge < -0.3 is 4.42 Å². The molecular formula is C25H20N2O3. The Hall–Kier alpha value is -3.73. The molecular weight excluding hydrogens is 376 g/mol. The van der Waals surface area contributed by atoms with Crippen LogP contribution in [-0.2, 0) is 0 Å². The molecule has 0 spiro atoms. The monoisotopic (exact) mass is 396 g/mol. The molecule has 0 fully saturated rings. The second-order valence-corrected chi connectivity index (χ2v) is 7.78. The van der Waals surface area contributed by atoms with Gasteiger partial charge in [0.1, 0.15) is 11.4 Å². The van der Waals surface area contributed by atoms with Gasteiger partial charge >= 0.3 is 0 Å². The fraction of sp³-hybridized carbons (Fsp3) is 0.160. The van der Waals surface area contributed by atoms with Gasteiger partial charge in [-0.15, -0.1) is 0 Å². The van der Waals surface area contributed by atoms with Gasteiger partial charge in [-0.3, -0.25) is 14.5 Å². The van der Waals surface area contributed by atoms with E-state index in [1.54, 1.807) is 23.2 Å². The number of amides is 1. The summed E-state index contributed by atoms with van der Waals surface area (Å²) in [6.07, 6.45) is 1.64. The van der Waals surface area contributed by atoms with Gasteiger partial charge in [0.05, 0.1) is 17.0 Å². The number of benzene rings is 2. The van der Waals surface area contributed by atoms with Gasteiger partial charge in [-0.25, -0.2) is 4.98 Å². The maximum Gasteiger partial charge on any atom is 0.296 e. The maximum absolute atomic E-state index is 13.6. The molecule has 0 bridgehead atoms. The van der Waals surface area contributed by atoms with Crippen LogP contribution in [0, 0.1) is 20.8 Å². The van der Waals surface area contributed by atoms with Crippen LogP contribution in [-0.4, -0.2) is 10.9 Å². The molecule has 4 aromatic rings. The molecule has 1 unspecified atom stereocenters. The van der Waals surface area contributed by atoms with Crippen molar-refractivity contribution in [1.82, 2.24) is 4.98 Å². The van der Waals surface area contributed by atoms with Gasteiger partial charge in [-0.05, 0) is 61.7 Å². The molecule has 5 nitrogen and oxygen atoms in total. The van der Waals surface area contributed by atoms with Crippen molar-refractivity contribution in [2.24, 2.45) is 0 Å². The molecule has 3 heterocycles. The van der Waals surface area contributed by atoms with Crippen LogP contribution in [0.4, 0.5) is 5.82 Å². The molecule has 1 atom stereocenters. The first kappa shape index (κ1) is 18.3. The van der Waals surface area contributed by atoms with Crippen LogP contribution < -0.4 is 10.3 Å². The third-order valence-corrected chi connectivity index (χ3v) is 5.78. The van der Waals surface area contributed by atoms with E-state index in [1.807, 2.05) is 63.2 Å². The second kappa shape index (κ2) is 6.66. The van der Waals surface area contributed by atoms with E-state index < -0.39 is 6.04 Å². The summed E-state index contributed by atoms with van der Waals surface area (Å²) in [6, 6.07) is 16.3. The molecule has 0 aliphatic carbocycles. The van der Waals surface area contributed by atoms with Crippen LogP contribution in [0.1, 0.15) is 44.4 Å². The van der Waals surface area contributed by atoms with Crippen molar-refractivity contribution < 1.29 is 9.21 Å². The van der Waals surface area contributed by atoms with Crippen LogP contribution in [0.2, 0.25) is 0 Å². The Bertz CT molecular complexity index is 1360. The molecule has 1 amide bonds. The van der Waals surface area contributed by atoms with Crippen molar-refractivity contribution in [2.45, 2.75) is 26.8 Å². The highest BCUT2D eigenvalue weighted by Gasteiger charge is 2.44. The minimum atomic E-state index is -0.592. The number of anilines is 1. The van der Waals surface area contributed by atoms with Crippen molar-refractivity contribution in [3.05, 3.63) is 105 Å². The van der Waals surface area contributed by atoms with Gasteiger partial charge in [0.15, 0.2) is 5.43 Å². The molecule has 2 aromatic carbocycles. The number of hydrogen-bond acceptors (Lipinski definition) is 4. The number of aryl methyl sites for hydroxylation is 3. The third-order valence-electron chi connectivity index (χ3n) is 5.78. The Labute approximate surface area is 173 Å². The minimum absolute atomic E-state index is 0.0898. The summed E-state index contributed by atoms with van der Waals surface area (Å²) in [6.45, 7) is 5.92. The van der Waals surface area contributed by atoms with Gasteiger partial charge in [0, 0.05) is 6.20 Å². The Kier molecular flexibility index (Phi) is 4.07. The van der Waals surface area contributed by atoms with Crippen LogP contribution in [0.3, 0.4) is 0 Å². The van der Waals surface area contributed by atoms with E-state index in [1.165, 1.54) is 0 Å². The summed E-state index contributed by atoms with van der Waals surface area (Å²) in [5.74, 6) is 0.216. The van der Waals surface area contributed by atoms with Gasteiger partial charge in [0.2, 0.25) is 5.76 Å². The topological polar surface area (TPSA) is 63.4 Å². The molecule has 148 valence electrons. The van der Waals surface area contributed by atoms with E-state index in [0.29, 0.717) is 22.4 Å². The number of aromatic nitrogens is 1. The highest BCUT2D eigenvalue weighted by Crippen LogP contribution is 2.40. The smallest absolute Gasteiger partial charge is 0.296 e. The number of pyridine rings is 1. The Balaban J connectivity index is 1.83. The van der Waals surface area contributed by atoms with E-state index in [9.17, 15) is 9.59 Å². The van der Waals surface area contributed by atoms with E-state index in [-0.39, 0.29) is 17.1 Å². The number of carbonyl (C=O) groups is 1. The summed E-state index contributed by atoms with van der Waals surface area (Å²) in [5.41, 5.74) is 4.58. The van der Waals surface area contributed by atoms with Crippen LogP contribution in [0.25, 0.3) is 11.0 Å². The summed E-state index contributed by atoms with van der Waals surface area (Å²) >= 11 is 0. The average Bonchev–Trinajstić information content (AvgIpc) is 3.04. The van der Waals surface area contributed by atoms with Crippen molar-refractivity contribution in [2.75, 3.05) is 4.90 Å². The fourth-order valence-electron chi connectivity index (χ4n) is 4.02. The van der Waals surface area contributed by atoms with E-state index in [4.69, 9.17) is 4.42 Å². The molecule has 2 aromatic heterocycles. The third kappa shape index (κ3) is 2.66. The molecule has 0 radical (unpaired) electrons. The first-order valence-electron chi connectivity index (χ1n) is 9.85. The lowest BCUT2D eigenvalue weighted by Gasteiger charge is -2.24. The Morgan fingerprint density at radius 3 is 2.37 bits per heavy atom. The largest absolute Gasteiger partial charge is 0.450 e. The van der Waals surface area contributed by atoms with E-state index >= 15 is 0 Å². The molecule has 1 aliphatic heterocycles. The molecule has 5 rings (SSSR count). The van der Waals surface area contributed by atoms with Gasteiger partial charge in [-0.2, -0.15) is 0 Å². The van der Waals surface area contributed by atoms with Crippen LogP contribution in [0.15, 0.2) is 70.0 Å². The zero-order valence-electron chi connectivity index (χ0n) is 17.0. The van der Waals surface area contributed by atoms with E-state index in [0.717, 1.165) is 22.3 Å². The summed E-state index contributed by atoms with van der Waals surface area (Å²) in [7, 11) is 0. The minimum Gasteiger partial charge on any atom is -0.450 e. The standard InChI is InChI=1S/C25H20N2O3/c1-14-7-9-17(10-8-14)22-21-23(28)18-12-15(2)16(3)13-19(18)30-24(21)25(29)27(22)20-6-4-5-11-26-20/h4-13,22H,1-3H3. The average molecular weight is 396 g/mol. The number of fused-ring (bicyclic) bond motifs is 2. The Morgan fingerprint density at radius 2 is 1.67 bits per heavy atom. The predicted octanol–water partition coefficient (Wildman–Crippen LogP) is 4.86. The van der Waals surface area contributed by atoms with Crippen LogP contribution in [0.5, 0.6) is 0 Å². The Morgan fingerprint density at radius 1 is 0.933 bits per heavy atom. The van der Waals surface area contributed by atoms with Crippen molar-refractivity contribution in [3.63, 3.8) is 0 Å².